The van der Waals surface area contributed by atoms with Gasteiger partial charge < -0.3 is 14.8 Å². The lowest BCUT2D eigenvalue weighted by Gasteiger charge is -2.13. The minimum absolute atomic E-state index is 0.301. The van der Waals surface area contributed by atoms with E-state index >= 15 is 0 Å². The molecule has 1 atom stereocenters. The summed E-state index contributed by atoms with van der Waals surface area (Å²) < 4.78 is 10.9. The second kappa shape index (κ2) is 6.74. The molecule has 17 heavy (non-hydrogen) atoms. The van der Waals surface area contributed by atoms with E-state index in [1.54, 1.807) is 7.11 Å². The van der Waals surface area contributed by atoms with Crippen molar-refractivity contribution in [3.63, 3.8) is 0 Å². The predicted octanol–water partition coefficient (Wildman–Crippen LogP) is 1.93. The Balaban J connectivity index is 1.68. The van der Waals surface area contributed by atoms with Crippen LogP contribution in [0.1, 0.15) is 23.7 Å². The predicted molar refractivity (Wildman–Crippen MR) is 68.2 cm³/mol. The fourth-order valence-corrected chi connectivity index (χ4v) is 2.26. The molecular weight excluding hydrogens is 214 g/mol. The van der Waals surface area contributed by atoms with Crippen LogP contribution in [-0.2, 0) is 15.9 Å². The highest BCUT2D eigenvalue weighted by Gasteiger charge is 2.21. The highest BCUT2D eigenvalue weighted by molar-refractivity contribution is 5.33. The summed E-state index contributed by atoms with van der Waals surface area (Å²) in [5.41, 5.74) is 2.83. The summed E-state index contributed by atoms with van der Waals surface area (Å²) in [7, 11) is 1.72. The number of hydrogen-bond acceptors (Lipinski definition) is 3. The van der Waals surface area contributed by atoms with E-state index in [0.717, 1.165) is 39.1 Å². The Bertz CT molecular complexity index is 341. The maximum absolute atomic E-state index is 5.91. The SMILES string of the molecule is COCCNCCO[C@H]1CCc2ccccc21. The van der Waals surface area contributed by atoms with Crippen molar-refractivity contribution < 1.29 is 9.47 Å². The molecule has 0 amide bonds. The summed E-state index contributed by atoms with van der Waals surface area (Å²) in [6.07, 6.45) is 2.57. The van der Waals surface area contributed by atoms with Gasteiger partial charge in [0.05, 0.1) is 19.3 Å². The summed E-state index contributed by atoms with van der Waals surface area (Å²) in [5.74, 6) is 0. The zero-order chi connectivity index (χ0) is 11.9. The van der Waals surface area contributed by atoms with Crippen molar-refractivity contribution in [2.45, 2.75) is 18.9 Å². The lowest BCUT2D eigenvalue weighted by Crippen LogP contribution is -2.24. The summed E-state index contributed by atoms with van der Waals surface area (Å²) in [4.78, 5) is 0. The van der Waals surface area contributed by atoms with E-state index < -0.39 is 0 Å². The number of hydrogen-bond donors (Lipinski definition) is 1. The number of fused-ring (bicyclic) bond motifs is 1. The van der Waals surface area contributed by atoms with Gasteiger partial charge in [0, 0.05) is 20.2 Å². The smallest absolute Gasteiger partial charge is 0.0831 e. The third-order valence-electron chi connectivity index (χ3n) is 3.16. The van der Waals surface area contributed by atoms with Gasteiger partial charge in [-0.3, -0.25) is 0 Å². The van der Waals surface area contributed by atoms with Crippen LogP contribution in [0.5, 0.6) is 0 Å². The van der Waals surface area contributed by atoms with Crippen LogP contribution in [0.3, 0.4) is 0 Å². The third kappa shape index (κ3) is 3.53. The Kier molecular flexibility index (Phi) is 4.98. The van der Waals surface area contributed by atoms with E-state index in [4.69, 9.17) is 9.47 Å². The Morgan fingerprint density at radius 1 is 1.24 bits per heavy atom. The van der Waals surface area contributed by atoms with Crippen molar-refractivity contribution in [3.8, 4) is 0 Å². The molecule has 0 saturated heterocycles. The number of ether oxygens (including phenoxy) is 2. The van der Waals surface area contributed by atoms with Crippen molar-refractivity contribution >= 4 is 0 Å². The van der Waals surface area contributed by atoms with Crippen molar-refractivity contribution in [2.75, 3.05) is 33.4 Å². The van der Waals surface area contributed by atoms with Gasteiger partial charge in [-0.2, -0.15) is 0 Å². The van der Waals surface area contributed by atoms with Gasteiger partial charge in [0.2, 0.25) is 0 Å². The molecule has 0 bridgehead atoms. The van der Waals surface area contributed by atoms with Crippen LogP contribution in [-0.4, -0.2) is 33.4 Å². The molecule has 0 unspecified atom stereocenters. The maximum Gasteiger partial charge on any atom is 0.0831 e. The second-order valence-electron chi connectivity index (χ2n) is 4.34. The monoisotopic (exact) mass is 235 g/mol. The number of methoxy groups -OCH3 is 1. The molecule has 1 aliphatic carbocycles. The van der Waals surface area contributed by atoms with E-state index in [0.29, 0.717) is 6.10 Å². The molecule has 0 fully saturated rings. The van der Waals surface area contributed by atoms with Crippen molar-refractivity contribution in [1.82, 2.24) is 5.32 Å². The Hall–Kier alpha value is -0.900. The van der Waals surface area contributed by atoms with Crippen molar-refractivity contribution in [3.05, 3.63) is 35.4 Å². The fourth-order valence-electron chi connectivity index (χ4n) is 2.26. The first-order valence-electron chi connectivity index (χ1n) is 6.31. The van der Waals surface area contributed by atoms with Gasteiger partial charge in [-0.25, -0.2) is 0 Å². The van der Waals surface area contributed by atoms with Crippen LogP contribution < -0.4 is 5.32 Å². The van der Waals surface area contributed by atoms with Gasteiger partial charge >= 0.3 is 0 Å². The Labute approximate surface area is 103 Å². The average Bonchev–Trinajstić information content (AvgIpc) is 2.77. The number of nitrogens with one attached hydrogen (secondary N) is 1. The van der Waals surface area contributed by atoms with Gasteiger partial charge in [0.1, 0.15) is 0 Å². The van der Waals surface area contributed by atoms with Crippen molar-refractivity contribution in [1.29, 1.82) is 0 Å². The van der Waals surface area contributed by atoms with E-state index in [2.05, 4.69) is 29.6 Å². The Morgan fingerprint density at radius 2 is 2.06 bits per heavy atom. The quantitative estimate of drug-likeness (QED) is 0.732. The zero-order valence-electron chi connectivity index (χ0n) is 10.4. The molecule has 94 valence electrons. The third-order valence-corrected chi connectivity index (χ3v) is 3.16. The van der Waals surface area contributed by atoms with E-state index in [1.807, 2.05) is 0 Å². The molecule has 0 spiro atoms. The van der Waals surface area contributed by atoms with Crippen LogP contribution in [0.2, 0.25) is 0 Å². The average molecular weight is 235 g/mol. The molecule has 3 heteroatoms. The molecular formula is C14H21NO2. The minimum atomic E-state index is 0.301. The zero-order valence-corrected chi connectivity index (χ0v) is 10.4. The van der Waals surface area contributed by atoms with Crippen molar-refractivity contribution in [2.24, 2.45) is 0 Å². The standard InChI is InChI=1S/C14H21NO2/c1-16-10-8-15-9-11-17-14-7-6-12-4-2-3-5-13(12)14/h2-5,14-15H,6-11H2,1H3/t14-/m0/s1. The number of rotatable bonds is 7. The minimum Gasteiger partial charge on any atom is -0.383 e. The first-order chi connectivity index (χ1) is 8.42. The first-order valence-corrected chi connectivity index (χ1v) is 6.31. The molecule has 1 aromatic carbocycles. The lowest BCUT2D eigenvalue weighted by molar-refractivity contribution is 0.0552. The molecule has 1 aromatic rings. The van der Waals surface area contributed by atoms with E-state index in [-0.39, 0.29) is 0 Å². The largest absolute Gasteiger partial charge is 0.383 e. The van der Waals surface area contributed by atoms with Crippen LogP contribution in [0, 0.1) is 0 Å². The summed E-state index contributed by atoms with van der Waals surface area (Å²) in [6.45, 7) is 3.30. The molecule has 2 rings (SSSR count). The summed E-state index contributed by atoms with van der Waals surface area (Å²) in [5, 5.41) is 3.28. The summed E-state index contributed by atoms with van der Waals surface area (Å²) >= 11 is 0. The molecule has 0 aromatic heterocycles. The highest BCUT2D eigenvalue weighted by atomic mass is 16.5. The maximum atomic E-state index is 5.91. The van der Waals surface area contributed by atoms with E-state index in [9.17, 15) is 0 Å². The molecule has 3 nitrogen and oxygen atoms in total. The molecule has 1 N–H and O–H groups in total. The number of benzene rings is 1. The topological polar surface area (TPSA) is 30.5 Å². The first kappa shape index (κ1) is 12.6. The van der Waals surface area contributed by atoms with Gasteiger partial charge in [0.25, 0.3) is 0 Å². The number of aryl methyl sites for hydroxylation is 1. The fraction of sp³-hybridized carbons (Fsp3) is 0.571. The molecule has 1 aliphatic rings. The Morgan fingerprint density at radius 3 is 2.94 bits per heavy atom. The molecule has 0 aliphatic heterocycles. The van der Waals surface area contributed by atoms with Gasteiger partial charge in [0.15, 0.2) is 0 Å². The second-order valence-corrected chi connectivity index (χ2v) is 4.34. The highest BCUT2D eigenvalue weighted by Crippen LogP contribution is 2.33. The normalized spacial score (nSPS) is 18.3. The van der Waals surface area contributed by atoms with Crippen LogP contribution >= 0.6 is 0 Å². The molecule has 0 heterocycles. The van der Waals surface area contributed by atoms with E-state index in [1.165, 1.54) is 11.1 Å². The molecule has 0 saturated carbocycles. The van der Waals surface area contributed by atoms with Crippen LogP contribution in [0.4, 0.5) is 0 Å². The van der Waals surface area contributed by atoms with Gasteiger partial charge in [-0.15, -0.1) is 0 Å². The molecule has 0 radical (unpaired) electrons. The van der Waals surface area contributed by atoms with Gasteiger partial charge in [-0.1, -0.05) is 24.3 Å². The van der Waals surface area contributed by atoms with Crippen LogP contribution in [0.25, 0.3) is 0 Å². The summed E-state index contributed by atoms with van der Waals surface area (Å²) in [6, 6.07) is 8.59. The van der Waals surface area contributed by atoms with Crippen LogP contribution in [0.15, 0.2) is 24.3 Å². The van der Waals surface area contributed by atoms with Gasteiger partial charge in [-0.05, 0) is 24.0 Å². The lowest BCUT2D eigenvalue weighted by atomic mass is 10.1.